The summed E-state index contributed by atoms with van der Waals surface area (Å²) in [7, 11) is 0. The van der Waals surface area contributed by atoms with Crippen molar-refractivity contribution in [2.45, 2.75) is 62.6 Å². The van der Waals surface area contributed by atoms with E-state index in [0.29, 0.717) is 12.1 Å². The van der Waals surface area contributed by atoms with Crippen LogP contribution in [0.25, 0.3) is 10.8 Å². The van der Waals surface area contributed by atoms with Crippen molar-refractivity contribution in [1.82, 2.24) is 4.90 Å². The molecule has 198 valence electrons. The summed E-state index contributed by atoms with van der Waals surface area (Å²) in [5.41, 5.74) is 0.660. The van der Waals surface area contributed by atoms with Gasteiger partial charge in [-0.15, -0.1) is 11.8 Å². The van der Waals surface area contributed by atoms with Crippen molar-refractivity contribution in [3.8, 4) is 0 Å². The zero-order chi connectivity index (χ0) is 26.5. The van der Waals surface area contributed by atoms with Crippen molar-refractivity contribution in [1.29, 1.82) is 0 Å². The third-order valence-corrected chi connectivity index (χ3v) is 10.4. The average Bonchev–Trinajstić information content (AvgIpc) is 3.46. The SMILES string of the molecule is CCOC(=O)[C@@H]1[C@@H]2CC(C)C3(S2)C(C(=O)Nc2ccc4ccccc4c2)N([C@@H](CO)CC(C)C)C(=O)[C@H]13. The number of benzene rings is 2. The number of likely N-dealkylation sites (tertiary alicyclic amines) is 1. The molecular weight excluding hydrogens is 488 g/mol. The van der Waals surface area contributed by atoms with Crippen LogP contribution in [-0.4, -0.2) is 63.1 Å². The van der Waals surface area contributed by atoms with E-state index in [0.717, 1.165) is 17.2 Å². The first-order valence-corrected chi connectivity index (χ1v) is 14.2. The van der Waals surface area contributed by atoms with Crippen LogP contribution in [0.2, 0.25) is 0 Å². The second-order valence-corrected chi connectivity index (χ2v) is 12.6. The topological polar surface area (TPSA) is 95.9 Å². The van der Waals surface area contributed by atoms with Gasteiger partial charge in [-0.25, -0.2) is 0 Å². The maximum Gasteiger partial charge on any atom is 0.310 e. The Bertz CT molecular complexity index is 1220. The average molecular weight is 525 g/mol. The summed E-state index contributed by atoms with van der Waals surface area (Å²) in [6, 6.07) is 12.4. The van der Waals surface area contributed by atoms with Gasteiger partial charge < -0.3 is 20.1 Å². The summed E-state index contributed by atoms with van der Waals surface area (Å²) < 4.78 is 4.67. The standard InChI is InChI=1S/C29H36N2O5S/c1-5-36-28(35)23-22-13-17(4)29(37-22)24(23)27(34)31(21(15-32)12-16(2)3)25(29)26(33)30-20-11-10-18-8-6-7-9-19(18)14-20/h6-11,14,16-17,21-25,32H,5,12-13,15H2,1-4H3,(H,30,33)/t17?,21-,22+,23-,24+,25?,29?/m1/s1. The molecule has 37 heavy (non-hydrogen) atoms. The second-order valence-electron chi connectivity index (χ2n) is 11.1. The van der Waals surface area contributed by atoms with Crippen molar-refractivity contribution >= 4 is 46.0 Å². The van der Waals surface area contributed by atoms with Crippen LogP contribution in [0.5, 0.6) is 0 Å². The number of nitrogens with zero attached hydrogens (tertiary/aromatic N) is 1. The number of hydrogen-bond donors (Lipinski definition) is 2. The van der Waals surface area contributed by atoms with Gasteiger partial charge in [0, 0.05) is 10.9 Å². The number of hydrogen-bond acceptors (Lipinski definition) is 6. The number of esters is 1. The van der Waals surface area contributed by atoms with Gasteiger partial charge in [-0.05, 0) is 54.5 Å². The first kappa shape index (κ1) is 26.0. The number of carbonyl (C=O) groups excluding carboxylic acids is 3. The normalized spacial score (nSPS) is 31.1. The highest BCUT2D eigenvalue weighted by molar-refractivity contribution is 8.02. The van der Waals surface area contributed by atoms with Gasteiger partial charge in [0.2, 0.25) is 11.8 Å². The molecule has 8 heteroatoms. The van der Waals surface area contributed by atoms with E-state index in [1.165, 1.54) is 0 Å². The summed E-state index contributed by atoms with van der Waals surface area (Å²) in [4.78, 5) is 43.1. The van der Waals surface area contributed by atoms with Crippen LogP contribution in [0.1, 0.15) is 40.5 Å². The highest BCUT2D eigenvalue weighted by Crippen LogP contribution is 2.69. The largest absolute Gasteiger partial charge is 0.466 e. The van der Waals surface area contributed by atoms with Crippen LogP contribution < -0.4 is 5.32 Å². The fourth-order valence-electron chi connectivity index (χ4n) is 6.96. The molecule has 0 saturated carbocycles. The summed E-state index contributed by atoms with van der Waals surface area (Å²) in [6.07, 6.45) is 1.32. The molecule has 2 N–H and O–H groups in total. The molecule has 0 radical (unpaired) electrons. The molecule has 2 amide bonds. The van der Waals surface area contributed by atoms with E-state index in [4.69, 9.17) is 4.74 Å². The lowest BCUT2D eigenvalue weighted by atomic mass is 9.66. The molecule has 3 heterocycles. The zero-order valence-corrected chi connectivity index (χ0v) is 22.7. The third-order valence-electron chi connectivity index (χ3n) is 8.36. The molecule has 3 fully saturated rings. The molecule has 1 spiro atoms. The number of aliphatic hydroxyl groups excluding tert-OH is 1. The molecule has 2 bridgehead atoms. The monoisotopic (exact) mass is 524 g/mol. The summed E-state index contributed by atoms with van der Waals surface area (Å²) >= 11 is 1.62. The maximum absolute atomic E-state index is 14.2. The third kappa shape index (κ3) is 4.13. The van der Waals surface area contributed by atoms with Crippen LogP contribution >= 0.6 is 11.8 Å². The Balaban J connectivity index is 1.56. The van der Waals surface area contributed by atoms with Gasteiger partial charge >= 0.3 is 5.97 Å². The van der Waals surface area contributed by atoms with Crippen molar-refractivity contribution in [2.75, 3.05) is 18.5 Å². The van der Waals surface area contributed by atoms with Crippen LogP contribution in [-0.2, 0) is 19.1 Å². The smallest absolute Gasteiger partial charge is 0.310 e. The Morgan fingerprint density at radius 2 is 1.95 bits per heavy atom. The Labute approximate surface area is 222 Å². The lowest BCUT2D eigenvalue weighted by Gasteiger charge is -2.40. The van der Waals surface area contributed by atoms with Crippen LogP contribution in [0.3, 0.4) is 0 Å². The van der Waals surface area contributed by atoms with Gasteiger partial charge in [-0.2, -0.15) is 0 Å². The predicted octanol–water partition coefficient (Wildman–Crippen LogP) is 4.09. The van der Waals surface area contributed by atoms with Gasteiger partial charge in [0.15, 0.2) is 0 Å². The van der Waals surface area contributed by atoms with Gasteiger partial charge in [-0.3, -0.25) is 14.4 Å². The molecule has 0 aromatic heterocycles. The molecule has 2 aromatic rings. The fourth-order valence-corrected chi connectivity index (χ4v) is 9.35. The molecule has 3 aliphatic rings. The number of rotatable bonds is 8. The van der Waals surface area contributed by atoms with E-state index < -0.39 is 28.7 Å². The quantitative estimate of drug-likeness (QED) is 0.505. The lowest BCUT2D eigenvalue weighted by molar-refractivity contribution is -0.154. The lowest BCUT2D eigenvalue weighted by Crippen LogP contribution is -2.57. The van der Waals surface area contributed by atoms with Crippen molar-refractivity contribution in [3.05, 3.63) is 42.5 Å². The van der Waals surface area contributed by atoms with E-state index >= 15 is 0 Å². The number of amides is 2. The van der Waals surface area contributed by atoms with E-state index in [2.05, 4.69) is 12.2 Å². The minimum atomic E-state index is -0.795. The minimum Gasteiger partial charge on any atom is -0.466 e. The number of thioether (sulfide) groups is 1. The number of ether oxygens (including phenoxy) is 1. The molecule has 3 saturated heterocycles. The summed E-state index contributed by atoms with van der Waals surface area (Å²) in [5, 5.41) is 15.5. The van der Waals surface area contributed by atoms with E-state index in [9.17, 15) is 19.5 Å². The van der Waals surface area contributed by atoms with E-state index in [1.54, 1.807) is 23.6 Å². The summed E-state index contributed by atoms with van der Waals surface area (Å²) in [6.45, 7) is 7.94. The molecule has 0 aliphatic carbocycles. The molecule has 3 unspecified atom stereocenters. The maximum atomic E-state index is 14.2. The number of nitrogens with one attached hydrogen (secondary N) is 1. The van der Waals surface area contributed by atoms with Crippen molar-refractivity contribution < 1.29 is 24.2 Å². The summed E-state index contributed by atoms with van der Waals surface area (Å²) in [5.74, 6) is -1.78. The number of carbonyl (C=O) groups is 3. The van der Waals surface area contributed by atoms with Gasteiger partial charge in [0.25, 0.3) is 0 Å². The minimum absolute atomic E-state index is 0.0536. The Kier molecular flexibility index (Phi) is 7.00. The highest BCUT2D eigenvalue weighted by Gasteiger charge is 2.76. The Hall–Kier alpha value is -2.58. The van der Waals surface area contributed by atoms with Gasteiger partial charge in [-0.1, -0.05) is 51.1 Å². The molecule has 3 aliphatic heterocycles. The molecule has 2 aromatic carbocycles. The van der Waals surface area contributed by atoms with Crippen molar-refractivity contribution in [3.63, 3.8) is 0 Å². The first-order valence-electron chi connectivity index (χ1n) is 13.3. The Morgan fingerprint density at radius 1 is 1.22 bits per heavy atom. The first-order chi connectivity index (χ1) is 17.7. The van der Waals surface area contributed by atoms with Crippen molar-refractivity contribution in [2.24, 2.45) is 23.7 Å². The number of fused-ring (bicyclic) bond motifs is 2. The molecular formula is C29H36N2O5S. The predicted molar refractivity (Wildman–Crippen MR) is 145 cm³/mol. The number of aliphatic hydroxyl groups is 1. The molecule has 7 atom stereocenters. The van der Waals surface area contributed by atoms with Gasteiger partial charge in [0.05, 0.1) is 35.8 Å². The second kappa shape index (κ2) is 9.95. The number of anilines is 1. The molecule has 7 nitrogen and oxygen atoms in total. The van der Waals surface area contributed by atoms with Crippen LogP contribution in [0, 0.1) is 23.7 Å². The highest BCUT2D eigenvalue weighted by atomic mass is 32.2. The van der Waals surface area contributed by atoms with E-state index in [1.807, 2.05) is 56.3 Å². The Morgan fingerprint density at radius 3 is 2.62 bits per heavy atom. The van der Waals surface area contributed by atoms with Crippen LogP contribution in [0.4, 0.5) is 5.69 Å². The molecule has 5 rings (SSSR count). The van der Waals surface area contributed by atoms with E-state index in [-0.39, 0.29) is 48.1 Å². The van der Waals surface area contributed by atoms with Crippen LogP contribution in [0.15, 0.2) is 42.5 Å². The zero-order valence-electron chi connectivity index (χ0n) is 21.8. The van der Waals surface area contributed by atoms with Gasteiger partial charge in [0.1, 0.15) is 6.04 Å². The fraction of sp³-hybridized carbons (Fsp3) is 0.552.